The highest BCUT2D eigenvalue weighted by molar-refractivity contribution is 9.10. The van der Waals surface area contributed by atoms with Crippen molar-refractivity contribution in [3.8, 4) is 0 Å². The molecule has 0 unspecified atom stereocenters. The first-order valence-electron chi connectivity index (χ1n) is 4.45. The summed E-state index contributed by atoms with van der Waals surface area (Å²) in [5.41, 5.74) is 4.66. The molecule has 0 atom stereocenters. The normalized spacial score (nSPS) is 22.2. The average molecular weight is 280 g/mol. The van der Waals surface area contributed by atoms with E-state index in [0.717, 1.165) is 0 Å². The number of rotatable bonds is 1. The van der Waals surface area contributed by atoms with Crippen LogP contribution in [0.4, 0.5) is 13.2 Å². The molecule has 1 nitrogen and oxygen atoms in total. The molecule has 1 fully saturated rings. The van der Waals surface area contributed by atoms with Crippen LogP contribution in [0.1, 0.15) is 18.4 Å². The summed E-state index contributed by atoms with van der Waals surface area (Å²) < 4.78 is 39.4. The Morgan fingerprint density at radius 1 is 1.27 bits per heavy atom. The lowest BCUT2D eigenvalue weighted by Gasteiger charge is -2.45. The minimum absolute atomic E-state index is 0.149. The number of benzene rings is 1. The highest BCUT2D eigenvalue weighted by Crippen LogP contribution is 2.51. The molecule has 0 radical (unpaired) electrons. The van der Waals surface area contributed by atoms with Gasteiger partial charge in [0.25, 0.3) is 5.92 Å². The molecule has 15 heavy (non-hydrogen) atoms. The molecule has 1 aliphatic carbocycles. The topological polar surface area (TPSA) is 26.0 Å². The number of halogens is 4. The average Bonchev–Trinajstić information content (AvgIpc) is 1.98. The Morgan fingerprint density at radius 3 is 2.33 bits per heavy atom. The van der Waals surface area contributed by atoms with Crippen molar-refractivity contribution in [3.05, 3.63) is 34.1 Å². The van der Waals surface area contributed by atoms with Crippen LogP contribution in [0.5, 0.6) is 0 Å². The Bertz CT molecular complexity index is 377. The summed E-state index contributed by atoms with van der Waals surface area (Å²) in [7, 11) is 0. The van der Waals surface area contributed by atoms with Gasteiger partial charge in [0.05, 0.1) is 5.54 Å². The van der Waals surface area contributed by atoms with Crippen LogP contribution in [0.25, 0.3) is 0 Å². The number of hydrogen-bond acceptors (Lipinski definition) is 1. The van der Waals surface area contributed by atoms with Crippen molar-refractivity contribution >= 4 is 15.9 Å². The second kappa shape index (κ2) is 3.22. The molecule has 0 aliphatic heterocycles. The minimum atomic E-state index is -2.77. The van der Waals surface area contributed by atoms with Gasteiger partial charge in [-0.25, -0.2) is 13.2 Å². The van der Waals surface area contributed by atoms with E-state index >= 15 is 0 Å². The molecule has 82 valence electrons. The highest BCUT2D eigenvalue weighted by atomic mass is 79.9. The molecule has 1 saturated carbocycles. The monoisotopic (exact) mass is 279 g/mol. The third-order valence-electron chi connectivity index (χ3n) is 2.61. The molecule has 1 aromatic carbocycles. The van der Waals surface area contributed by atoms with Gasteiger partial charge >= 0.3 is 0 Å². The van der Waals surface area contributed by atoms with Crippen molar-refractivity contribution in [2.24, 2.45) is 5.73 Å². The molecule has 0 bridgehead atoms. The van der Waals surface area contributed by atoms with Crippen LogP contribution in [-0.4, -0.2) is 5.92 Å². The molecule has 0 saturated heterocycles. The minimum Gasteiger partial charge on any atom is -0.321 e. The summed E-state index contributed by atoms with van der Waals surface area (Å²) in [4.78, 5) is 0. The Morgan fingerprint density at radius 2 is 1.87 bits per heavy atom. The Hall–Kier alpha value is -0.550. The number of nitrogens with two attached hydrogens (primary N) is 1. The van der Waals surface area contributed by atoms with Crippen LogP contribution in [0.3, 0.4) is 0 Å². The summed E-state index contributed by atoms with van der Waals surface area (Å²) in [6.45, 7) is 0. The zero-order chi connectivity index (χ0) is 11.3. The molecule has 0 amide bonds. The lowest BCUT2D eigenvalue weighted by molar-refractivity contribution is -0.126. The van der Waals surface area contributed by atoms with Crippen molar-refractivity contribution in [1.82, 2.24) is 0 Å². The molecule has 0 spiro atoms. The Balaban J connectivity index is 2.39. The van der Waals surface area contributed by atoms with Crippen LogP contribution in [0.2, 0.25) is 0 Å². The lowest BCUT2D eigenvalue weighted by atomic mass is 9.69. The van der Waals surface area contributed by atoms with Gasteiger partial charge in [-0.3, -0.25) is 0 Å². The SMILES string of the molecule is NC1(c2c(F)cccc2Br)CC(F)(F)C1. The van der Waals surface area contributed by atoms with E-state index in [2.05, 4.69) is 15.9 Å². The molecular formula is C10H9BrF3N. The van der Waals surface area contributed by atoms with Crippen molar-refractivity contribution in [3.63, 3.8) is 0 Å². The van der Waals surface area contributed by atoms with E-state index in [-0.39, 0.29) is 5.56 Å². The summed E-state index contributed by atoms with van der Waals surface area (Å²) in [5.74, 6) is -3.31. The van der Waals surface area contributed by atoms with Gasteiger partial charge in [0, 0.05) is 22.9 Å². The quantitative estimate of drug-likeness (QED) is 0.840. The maximum absolute atomic E-state index is 13.5. The molecule has 0 heterocycles. The van der Waals surface area contributed by atoms with Gasteiger partial charge in [-0.2, -0.15) is 0 Å². The van der Waals surface area contributed by atoms with Gasteiger partial charge in [-0.15, -0.1) is 0 Å². The molecule has 0 aromatic heterocycles. The van der Waals surface area contributed by atoms with E-state index < -0.39 is 30.1 Å². The van der Waals surface area contributed by atoms with Crippen molar-refractivity contribution in [2.75, 3.05) is 0 Å². The second-order valence-corrected chi connectivity index (χ2v) is 4.82. The first kappa shape index (κ1) is 11.0. The van der Waals surface area contributed by atoms with Gasteiger partial charge in [0.1, 0.15) is 5.82 Å². The maximum Gasteiger partial charge on any atom is 0.252 e. The predicted molar refractivity (Wildman–Crippen MR) is 54.1 cm³/mol. The zero-order valence-corrected chi connectivity index (χ0v) is 9.32. The zero-order valence-electron chi connectivity index (χ0n) is 7.74. The summed E-state index contributed by atoms with van der Waals surface area (Å²) in [6, 6.07) is 4.33. The van der Waals surface area contributed by atoms with Gasteiger partial charge in [0.2, 0.25) is 0 Å². The van der Waals surface area contributed by atoms with Gasteiger partial charge in [-0.05, 0) is 12.1 Å². The van der Waals surface area contributed by atoms with Crippen LogP contribution in [-0.2, 0) is 5.54 Å². The fourth-order valence-corrected chi connectivity index (χ4v) is 2.76. The van der Waals surface area contributed by atoms with Crippen molar-refractivity contribution in [2.45, 2.75) is 24.3 Å². The van der Waals surface area contributed by atoms with Gasteiger partial charge < -0.3 is 5.73 Å². The molecule has 1 aromatic rings. The maximum atomic E-state index is 13.5. The summed E-state index contributed by atoms with van der Waals surface area (Å²) in [5, 5.41) is 0. The molecular weight excluding hydrogens is 271 g/mol. The van der Waals surface area contributed by atoms with Crippen LogP contribution in [0, 0.1) is 5.82 Å². The largest absolute Gasteiger partial charge is 0.321 e. The van der Waals surface area contributed by atoms with Gasteiger partial charge in [0.15, 0.2) is 0 Å². The standard InChI is InChI=1S/C10H9BrF3N/c11-6-2-1-3-7(12)8(6)9(15)4-10(13,14)5-9/h1-3H,4-5,15H2. The lowest BCUT2D eigenvalue weighted by Crippen LogP contribution is -2.56. The first-order chi connectivity index (χ1) is 6.84. The van der Waals surface area contributed by atoms with E-state index in [9.17, 15) is 13.2 Å². The fraction of sp³-hybridized carbons (Fsp3) is 0.400. The first-order valence-corrected chi connectivity index (χ1v) is 5.25. The smallest absolute Gasteiger partial charge is 0.252 e. The van der Waals surface area contributed by atoms with Crippen LogP contribution >= 0.6 is 15.9 Å². The summed E-state index contributed by atoms with van der Waals surface area (Å²) in [6.07, 6.45) is -1.00. The van der Waals surface area contributed by atoms with E-state index in [0.29, 0.717) is 4.47 Å². The Kier molecular flexibility index (Phi) is 2.35. The van der Waals surface area contributed by atoms with E-state index in [1.54, 1.807) is 6.07 Å². The van der Waals surface area contributed by atoms with E-state index in [4.69, 9.17) is 5.73 Å². The number of hydrogen-bond donors (Lipinski definition) is 1. The highest BCUT2D eigenvalue weighted by Gasteiger charge is 2.56. The third-order valence-corrected chi connectivity index (χ3v) is 3.27. The molecule has 2 rings (SSSR count). The van der Waals surface area contributed by atoms with Gasteiger partial charge in [-0.1, -0.05) is 22.0 Å². The van der Waals surface area contributed by atoms with E-state index in [1.165, 1.54) is 12.1 Å². The molecule has 5 heteroatoms. The predicted octanol–water partition coefficient (Wildman–Crippen LogP) is 3.17. The molecule has 2 N–H and O–H groups in total. The third kappa shape index (κ3) is 1.78. The summed E-state index contributed by atoms with van der Waals surface area (Å²) >= 11 is 3.13. The fourth-order valence-electron chi connectivity index (χ4n) is 2.02. The van der Waals surface area contributed by atoms with Crippen LogP contribution in [0.15, 0.2) is 22.7 Å². The number of alkyl halides is 2. The van der Waals surface area contributed by atoms with Crippen LogP contribution < -0.4 is 5.73 Å². The second-order valence-electron chi connectivity index (χ2n) is 3.96. The van der Waals surface area contributed by atoms with Crippen molar-refractivity contribution < 1.29 is 13.2 Å². The molecule has 1 aliphatic rings. The van der Waals surface area contributed by atoms with E-state index in [1.807, 2.05) is 0 Å². The van der Waals surface area contributed by atoms with Crippen molar-refractivity contribution in [1.29, 1.82) is 0 Å². The Labute approximate surface area is 93.6 Å².